The molecule has 1 aromatic rings. The molecule has 34 heavy (non-hydrogen) atoms. The maximum absolute atomic E-state index is 12.2. The lowest BCUT2D eigenvalue weighted by molar-refractivity contribution is -0.114. The van der Waals surface area contributed by atoms with Crippen LogP contribution >= 0.6 is 0 Å². The van der Waals surface area contributed by atoms with Crippen molar-refractivity contribution in [3.05, 3.63) is 52.6 Å². The summed E-state index contributed by atoms with van der Waals surface area (Å²) in [5.74, 6) is 4.40. The first-order valence-corrected chi connectivity index (χ1v) is 12.8. The molecule has 1 fully saturated rings. The Labute approximate surface area is 205 Å². The molecule has 184 valence electrons. The molecule has 0 saturated carbocycles. The van der Waals surface area contributed by atoms with Crippen LogP contribution in [-0.2, 0) is 9.53 Å². The van der Waals surface area contributed by atoms with Crippen LogP contribution in [0.5, 0.6) is 5.75 Å². The van der Waals surface area contributed by atoms with Gasteiger partial charge >= 0.3 is 0 Å². The molecule has 4 atom stereocenters. The summed E-state index contributed by atoms with van der Waals surface area (Å²) in [6.07, 6.45) is 13.1. The molecule has 1 saturated heterocycles. The number of ketones is 1. The van der Waals surface area contributed by atoms with Gasteiger partial charge in [0.1, 0.15) is 11.9 Å². The number of unbranched alkanes of at least 4 members (excludes halogenated alkanes) is 1. The summed E-state index contributed by atoms with van der Waals surface area (Å²) in [5, 5.41) is 10.5. The molecular weight excluding hydrogens is 424 g/mol. The van der Waals surface area contributed by atoms with Crippen molar-refractivity contribution in [1.82, 2.24) is 0 Å². The topological polar surface area (TPSA) is 55.8 Å². The number of carbonyl (C=O) groups is 1. The van der Waals surface area contributed by atoms with E-state index in [0.29, 0.717) is 18.9 Å². The number of hydrogen-bond donors (Lipinski definition) is 1. The highest BCUT2D eigenvalue weighted by Crippen LogP contribution is 2.55. The second kappa shape index (κ2) is 11.9. The van der Waals surface area contributed by atoms with Crippen molar-refractivity contribution in [2.75, 3.05) is 20.3 Å². The maximum atomic E-state index is 12.2. The predicted octanol–water partition coefficient (Wildman–Crippen LogP) is 6.21. The van der Waals surface area contributed by atoms with Crippen LogP contribution in [0.25, 0.3) is 0 Å². The Balaban J connectivity index is 0.00000158. The minimum absolute atomic E-state index is 0.0867. The van der Waals surface area contributed by atoms with Crippen LogP contribution in [0.1, 0.15) is 77.4 Å². The van der Waals surface area contributed by atoms with Crippen LogP contribution < -0.4 is 4.74 Å². The van der Waals surface area contributed by atoms with E-state index >= 15 is 0 Å². The maximum Gasteiger partial charge on any atom is 0.156 e. The molecule has 4 rings (SSSR count). The standard InChI is InChI=1S/C28H34O4.C2H6/c1-4-5-6-7-25-24-14-10-20-16-21(30)11-15-23(20)26(24)27(32-18-28(25,2)17-29)19-8-12-22(31-3)13-9-19;1-2/h1,8-9,12-13,16,24-25,27,29H,5-7,10-11,14-15,17-18H2,2-3H3;1-2H3/t24?,25?,27-,28-;/m0./s1. The SMILES string of the molecule is C#CCCCC1C2CCC3=CC(=O)CCC3=C2[C@H](c2ccc(OC)cc2)OC[C@]1(C)CO.CC. The van der Waals surface area contributed by atoms with Gasteiger partial charge in [-0.3, -0.25) is 4.79 Å². The van der Waals surface area contributed by atoms with E-state index in [4.69, 9.17) is 15.9 Å². The fourth-order valence-corrected chi connectivity index (χ4v) is 5.92. The molecule has 4 heteroatoms. The van der Waals surface area contributed by atoms with E-state index in [1.54, 1.807) is 7.11 Å². The Morgan fingerprint density at radius 2 is 1.94 bits per heavy atom. The molecule has 2 aliphatic carbocycles. The van der Waals surface area contributed by atoms with Crippen molar-refractivity contribution in [2.45, 2.75) is 71.8 Å². The molecule has 0 bridgehead atoms. The molecule has 0 radical (unpaired) electrons. The number of aliphatic hydroxyl groups excluding tert-OH is 1. The van der Waals surface area contributed by atoms with Gasteiger partial charge in [-0.05, 0) is 84.4 Å². The number of rotatable bonds is 6. The molecule has 2 unspecified atom stereocenters. The second-order valence-corrected chi connectivity index (χ2v) is 9.69. The third-order valence-corrected chi connectivity index (χ3v) is 7.68. The summed E-state index contributed by atoms with van der Waals surface area (Å²) in [4.78, 5) is 12.2. The number of benzene rings is 1. The fraction of sp³-hybridized carbons (Fsp3) is 0.567. The van der Waals surface area contributed by atoms with E-state index in [0.717, 1.165) is 49.8 Å². The van der Waals surface area contributed by atoms with Gasteiger partial charge in [0, 0.05) is 18.3 Å². The number of fused-ring (bicyclic) bond motifs is 2. The van der Waals surface area contributed by atoms with E-state index in [1.807, 2.05) is 32.1 Å². The van der Waals surface area contributed by atoms with E-state index in [2.05, 4.69) is 25.0 Å². The average molecular weight is 465 g/mol. The summed E-state index contributed by atoms with van der Waals surface area (Å²) in [6, 6.07) is 8.11. The van der Waals surface area contributed by atoms with Gasteiger partial charge in [-0.25, -0.2) is 0 Å². The Morgan fingerprint density at radius 3 is 2.59 bits per heavy atom. The Bertz CT molecular complexity index is 949. The van der Waals surface area contributed by atoms with Crippen LogP contribution in [0.15, 0.2) is 47.1 Å². The predicted molar refractivity (Wildman–Crippen MR) is 136 cm³/mol. The van der Waals surface area contributed by atoms with E-state index in [9.17, 15) is 9.90 Å². The van der Waals surface area contributed by atoms with Gasteiger partial charge in [-0.15, -0.1) is 12.3 Å². The monoisotopic (exact) mass is 464 g/mol. The van der Waals surface area contributed by atoms with Crippen molar-refractivity contribution in [3.8, 4) is 18.1 Å². The van der Waals surface area contributed by atoms with Crippen LogP contribution in [-0.4, -0.2) is 31.2 Å². The summed E-state index contributed by atoms with van der Waals surface area (Å²) >= 11 is 0. The zero-order valence-electron chi connectivity index (χ0n) is 21.2. The fourth-order valence-electron chi connectivity index (χ4n) is 5.92. The van der Waals surface area contributed by atoms with Gasteiger partial charge < -0.3 is 14.6 Å². The molecule has 0 amide bonds. The Kier molecular flexibility index (Phi) is 9.17. The summed E-state index contributed by atoms with van der Waals surface area (Å²) in [7, 11) is 1.67. The van der Waals surface area contributed by atoms with Crippen molar-refractivity contribution in [3.63, 3.8) is 0 Å². The number of methoxy groups -OCH3 is 1. The minimum Gasteiger partial charge on any atom is -0.497 e. The van der Waals surface area contributed by atoms with Crippen molar-refractivity contribution < 1.29 is 19.4 Å². The molecule has 4 nitrogen and oxygen atoms in total. The van der Waals surface area contributed by atoms with Gasteiger partial charge in [0.05, 0.1) is 20.3 Å². The Morgan fingerprint density at radius 1 is 1.21 bits per heavy atom. The average Bonchev–Trinajstić information content (AvgIpc) is 3.00. The molecule has 1 aromatic carbocycles. The first-order valence-electron chi connectivity index (χ1n) is 12.8. The normalized spacial score (nSPS) is 28.4. The molecule has 1 heterocycles. The zero-order valence-corrected chi connectivity index (χ0v) is 21.2. The third kappa shape index (κ3) is 5.32. The minimum atomic E-state index is -0.335. The molecular formula is C30H40O4. The number of terminal acetylenes is 1. The van der Waals surface area contributed by atoms with Gasteiger partial charge in [-0.2, -0.15) is 0 Å². The van der Waals surface area contributed by atoms with Crippen molar-refractivity contribution >= 4 is 5.78 Å². The largest absolute Gasteiger partial charge is 0.497 e. The highest BCUT2D eigenvalue weighted by Gasteiger charge is 2.47. The van der Waals surface area contributed by atoms with E-state index in [-0.39, 0.29) is 29.8 Å². The summed E-state index contributed by atoms with van der Waals surface area (Å²) in [5.41, 5.74) is 4.58. The second-order valence-electron chi connectivity index (χ2n) is 9.69. The molecule has 3 aliphatic rings. The van der Waals surface area contributed by atoms with E-state index in [1.165, 1.54) is 16.7 Å². The van der Waals surface area contributed by atoms with Gasteiger partial charge in [0.15, 0.2) is 5.78 Å². The molecule has 1 N–H and O–H groups in total. The van der Waals surface area contributed by atoms with Crippen LogP contribution in [0.3, 0.4) is 0 Å². The lowest BCUT2D eigenvalue weighted by Crippen LogP contribution is -2.39. The highest BCUT2D eigenvalue weighted by atomic mass is 16.5. The van der Waals surface area contributed by atoms with Gasteiger partial charge in [0.25, 0.3) is 0 Å². The highest BCUT2D eigenvalue weighted by molar-refractivity contribution is 5.93. The van der Waals surface area contributed by atoms with Crippen LogP contribution in [0.2, 0.25) is 0 Å². The lowest BCUT2D eigenvalue weighted by atomic mass is 9.61. The first kappa shape index (κ1) is 26.3. The molecule has 0 aromatic heterocycles. The quantitative estimate of drug-likeness (QED) is 0.402. The number of hydrogen-bond acceptors (Lipinski definition) is 4. The lowest BCUT2D eigenvalue weighted by Gasteiger charge is -2.42. The smallest absolute Gasteiger partial charge is 0.156 e. The Hall–Kier alpha value is -2.35. The first-order chi connectivity index (χ1) is 16.5. The van der Waals surface area contributed by atoms with Crippen molar-refractivity contribution in [1.29, 1.82) is 0 Å². The zero-order chi connectivity index (χ0) is 24.7. The number of ether oxygens (including phenoxy) is 2. The van der Waals surface area contributed by atoms with Gasteiger partial charge in [-0.1, -0.05) is 32.9 Å². The van der Waals surface area contributed by atoms with Crippen LogP contribution in [0.4, 0.5) is 0 Å². The third-order valence-electron chi connectivity index (χ3n) is 7.68. The number of aliphatic hydroxyl groups is 1. The van der Waals surface area contributed by atoms with Gasteiger partial charge in [0.2, 0.25) is 0 Å². The van der Waals surface area contributed by atoms with Crippen molar-refractivity contribution in [2.24, 2.45) is 17.3 Å². The molecule has 1 aliphatic heterocycles. The summed E-state index contributed by atoms with van der Waals surface area (Å²) < 4.78 is 12.0. The number of carbonyl (C=O) groups excluding carboxylic acids is 1. The van der Waals surface area contributed by atoms with E-state index < -0.39 is 0 Å². The van der Waals surface area contributed by atoms with Crippen LogP contribution in [0, 0.1) is 29.6 Å². The summed E-state index contributed by atoms with van der Waals surface area (Å²) in [6.45, 7) is 6.73. The molecule has 0 spiro atoms. The number of allylic oxidation sites excluding steroid dienone is 3.